The van der Waals surface area contributed by atoms with Crippen molar-refractivity contribution in [2.45, 2.75) is 18.9 Å². The van der Waals surface area contributed by atoms with E-state index in [0.717, 1.165) is 29.6 Å². The summed E-state index contributed by atoms with van der Waals surface area (Å²) in [7, 11) is 0. The Hall–Kier alpha value is -1.06. The molecule has 1 fully saturated rings. The van der Waals surface area contributed by atoms with E-state index in [1.807, 2.05) is 18.2 Å². The number of nitrogens with one attached hydrogen (secondary N) is 1. The van der Waals surface area contributed by atoms with Crippen LogP contribution in [-0.4, -0.2) is 11.7 Å². The zero-order valence-electron chi connectivity index (χ0n) is 8.16. The van der Waals surface area contributed by atoms with Crippen LogP contribution in [0.5, 0.6) is 0 Å². The highest BCUT2D eigenvalue weighted by Gasteiger charge is 2.22. The summed E-state index contributed by atoms with van der Waals surface area (Å²) in [4.78, 5) is 0. The summed E-state index contributed by atoms with van der Waals surface area (Å²) in [6.07, 6.45) is 2.33. The molecule has 78 valence electrons. The lowest BCUT2D eigenvalue weighted by Crippen LogP contribution is -2.13. The second-order valence-electron chi connectivity index (χ2n) is 3.86. The van der Waals surface area contributed by atoms with E-state index in [0.29, 0.717) is 11.1 Å². The first-order valence-corrected chi connectivity index (χ1v) is 5.50. The minimum atomic E-state index is 0.340. The van der Waals surface area contributed by atoms with Crippen molar-refractivity contribution in [3.05, 3.63) is 28.9 Å². The van der Waals surface area contributed by atoms with E-state index in [9.17, 15) is 0 Å². The van der Waals surface area contributed by atoms with E-state index in [1.54, 1.807) is 0 Å². The van der Waals surface area contributed by atoms with Gasteiger partial charge >= 0.3 is 0 Å². The maximum atomic E-state index is 5.88. The van der Waals surface area contributed by atoms with Gasteiger partial charge in [0.15, 0.2) is 5.58 Å². The number of hydrogen-bond acceptors (Lipinski definition) is 3. The van der Waals surface area contributed by atoms with E-state index in [-0.39, 0.29) is 0 Å². The van der Waals surface area contributed by atoms with Crippen molar-refractivity contribution >= 4 is 22.6 Å². The molecule has 15 heavy (non-hydrogen) atoms. The highest BCUT2D eigenvalue weighted by atomic mass is 35.5. The quantitative estimate of drug-likeness (QED) is 0.806. The highest BCUT2D eigenvalue weighted by molar-refractivity contribution is 6.31. The van der Waals surface area contributed by atoms with Crippen LogP contribution in [0.25, 0.3) is 11.0 Å². The topological polar surface area (TPSA) is 38.1 Å². The minimum Gasteiger partial charge on any atom is -0.356 e. The Morgan fingerprint density at radius 1 is 1.47 bits per heavy atom. The Morgan fingerprint density at radius 3 is 3.20 bits per heavy atom. The zero-order chi connectivity index (χ0) is 10.3. The Kier molecular flexibility index (Phi) is 2.15. The first-order valence-electron chi connectivity index (χ1n) is 5.13. The third-order valence-corrected chi connectivity index (χ3v) is 3.09. The normalized spacial score (nSPS) is 21.3. The van der Waals surface area contributed by atoms with Crippen LogP contribution >= 0.6 is 11.6 Å². The predicted octanol–water partition coefficient (Wildman–Crippen LogP) is 2.91. The standard InChI is InChI=1S/C11H11ClN2O/c12-7-3-4-8-10(6-7)15-14-11(8)9-2-1-5-13-9/h3-4,6,9,13H,1-2,5H2/t9-/m0/s1. The number of aromatic nitrogens is 1. The van der Waals surface area contributed by atoms with Crippen molar-refractivity contribution in [3.63, 3.8) is 0 Å². The summed E-state index contributed by atoms with van der Waals surface area (Å²) >= 11 is 5.88. The molecule has 1 aliphatic rings. The first kappa shape index (κ1) is 9.19. The van der Waals surface area contributed by atoms with Crippen molar-refractivity contribution in [3.8, 4) is 0 Å². The van der Waals surface area contributed by atoms with Crippen molar-refractivity contribution in [2.75, 3.05) is 6.54 Å². The Balaban J connectivity index is 2.11. The Morgan fingerprint density at radius 2 is 2.40 bits per heavy atom. The molecular formula is C11H11ClN2O. The number of rotatable bonds is 1. The fourth-order valence-electron chi connectivity index (χ4n) is 2.10. The molecule has 1 aliphatic heterocycles. The van der Waals surface area contributed by atoms with Gasteiger partial charge in [0.1, 0.15) is 5.69 Å². The van der Waals surface area contributed by atoms with Gasteiger partial charge in [-0.25, -0.2) is 0 Å². The molecular weight excluding hydrogens is 212 g/mol. The molecule has 0 spiro atoms. The number of nitrogens with zero attached hydrogens (tertiary/aromatic N) is 1. The second-order valence-corrected chi connectivity index (χ2v) is 4.29. The largest absolute Gasteiger partial charge is 0.356 e. The minimum absolute atomic E-state index is 0.340. The zero-order valence-corrected chi connectivity index (χ0v) is 8.92. The molecule has 2 heterocycles. The number of fused-ring (bicyclic) bond motifs is 1. The molecule has 1 N–H and O–H groups in total. The molecule has 1 aromatic carbocycles. The van der Waals surface area contributed by atoms with Crippen LogP contribution in [0.2, 0.25) is 5.02 Å². The lowest BCUT2D eigenvalue weighted by atomic mass is 10.1. The summed E-state index contributed by atoms with van der Waals surface area (Å²) in [5.74, 6) is 0. The molecule has 0 saturated carbocycles. The van der Waals surface area contributed by atoms with Crippen LogP contribution in [0.3, 0.4) is 0 Å². The SMILES string of the molecule is Clc1ccc2c([C@@H]3CCCN3)noc2c1. The van der Waals surface area contributed by atoms with Crippen LogP contribution in [0.4, 0.5) is 0 Å². The maximum Gasteiger partial charge on any atom is 0.168 e. The van der Waals surface area contributed by atoms with Crippen molar-refractivity contribution in [1.82, 2.24) is 10.5 Å². The van der Waals surface area contributed by atoms with Crippen LogP contribution in [0.15, 0.2) is 22.7 Å². The Bertz CT molecular complexity index is 488. The number of benzene rings is 1. The fourth-order valence-corrected chi connectivity index (χ4v) is 2.26. The summed E-state index contributed by atoms with van der Waals surface area (Å²) in [5.41, 5.74) is 1.78. The summed E-state index contributed by atoms with van der Waals surface area (Å²) < 4.78 is 5.27. The van der Waals surface area contributed by atoms with E-state index in [2.05, 4.69) is 10.5 Å². The van der Waals surface area contributed by atoms with Gasteiger partial charge in [0.05, 0.1) is 6.04 Å². The van der Waals surface area contributed by atoms with Gasteiger partial charge in [0.25, 0.3) is 0 Å². The average Bonchev–Trinajstić information content (AvgIpc) is 2.82. The van der Waals surface area contributed by atoms with Gasteiger partial charge in [-0.2, -0.15) is 0 Å². The average molecular weight is 223 g/mol. The van der Waals surface area contributed by atoms with Crippen molar-refractivity contribution < 1.29 is 4.52 Å². The molecule has 0 radical (unpaired) electrons. The highest BCUT2D eigenvalue weighted by Crippen LogP contribution is 2.30. The molecule has 1 saturated heterocycles. The monoisotopic (exact) mass is 222 g/mol. The van der Waals surface area contributed by atoms with Crippen molar-refractivity contribution in [2.24, 2.45) is 0 Å². The Labute approximate surface area is 92.4 Å². The van der Waals surface area contributed by atoms with Gasteiger partial charge < -0.3 is 9.84 Å². The van der Waals surface area contributed by atoms with E-state index in [1.165, 1.54) is 6.42 Å². The summed E-state index contributed by atoms with van der Waals surface area (Å²) in [6, 6.07) is 6.00. The number of halogens is 1. The van der Waals surface area contributed by atoms with Gasteiger partial charge in [-0.15, -0.1) is 0 Å². The van der Waals surface area contributed by atoms with Gasteiger partial charge in [0, 0.05) is 16.5 Å². The van der Waals surface area contributed by atoms with Gasteiger partial charge in [-0.1, -0.05) is 16.8 Å². The van der Waals surface area contributed by atoms with Crippen LogP contribution in [0, 0.1) is 0 Å². The maximum absolute atomic E-state index is 5.88. The van der Waals surface area contributed by atoms with Crippen molar-refractivity contribution in [1.29, 1.82) is 0 Å². The summed E-state index contributed by atoms with van der Waals surface area (Å²) in [5, 5.41) is 9.29. The molecule has 0 bridgehead atoms. The van der Waals surface area contributed by atoms with Crippen LogP contribution < -0.4 is 5.32 Å². The van der Waals surface area contributed by atoms with Crippen LogP contribution in [0.1, 0.15) is 24.6 Å². The molecule has 2 aromatic rings. The molecule has 0 aliphatic carbocycles. The van der Waals surface area contributed by atoms with Crippen LogP contribution in [-0.2, 0) is 0 Å². The van der Waals surface area contributed by atoms with E-state index in [4.69, 9.17) is 16.1 Å². The first-order chi connectivity index (χ1) is 7.34. The second kappa shape index (κ2) is 3.51. The third-order valence-electron chi connectivity index (χ3n) is 2.85. The number of hydrogen-bond donors (Lipinski definition) is 1. The van der Waals surface area contributed by atoms with Gasteiger partial charge in [-0.3, -0.25) is 0 Å². The molecule has 0 amide bonds. The molecule has 0 unspecified atom stereocenters. The molecule has 3 nitrogen and oxygen atoms in total. The molecule has 4 heteroatoms. The molecule has 1 atom stereocenters. The van der Waals surface area contributed by atoms with Gasteiger partial charge in [-0.05, 0) is 31.5 Å². The van der Waals surface area contributed by atoms with Gasteiger partial charge in [0.2, 0.25) is 0 Å². The van der Waals surface area contributed by atoms with E-state index < -0.39 is 0 Å². The molecule has 1 aromatic heterocycles. The lowest BCUT2D eigenvalue weighted by molar-refractivity contribution is 0.432. The predicted molar refractivity (Wildman–Crippen MR) is 59.0 cm³/mol. The fraction of sp³-hybridized carbons (Fsp3) is 0.364. The van der Waals surface area contributed by atoms with E-state index >= 15 is 0 Å². The smallest absolute Gasteiger partial charge is 0.168 e. The summed E-state index contributed by atoms with van der Waals surface area (Å²) in [6.45, 7) is 1.06. The lowest BCUT2D eigenvalue weighted by Gasteiger charge is -2.05. The third kappa shape index (κ3) is 1.52. The molecule has 3 rings (SSSR count).